The molecule has 0 aliphatic carbocycles. The zero-order chi connectivity index (χ0) is 10.2. The van der Waals surface area contributed by atoms with Crippen molar-refractivity contribution in [3.05, 3.63) is 30.6 Å². The first-order valence-electron chi connectivity index (χ1n) is 2.56. The molecule has 0 saturated heterocycles. The third-order valence-electron chi connectivity index (χ3n) is 0.566. The van der Waals surface area contributed by atoms with Crippen LogP contribution in [-0.4, -0.2) is 25.4 Å². The van der Waals surface area contributed by atoms with Crippen molar-refractivity contribution in [2.75, 3.05) is 0 Å². The van der Waals surface area contributed by atoms with Gasteiger partial charge in [0.2, 0.25) is 0 Å². The zero-order valence-electron chi connectivity index (χ0n) is 6.67. The van der Waals surface area contributed by atoms with Gasteiger partial charge in [0.25, 0.3) is 0 Å². The fourth-order valence-electron chi connectivity index (χ4n) is 0.313. The molecule has 5 heteroatoms. The van der Waals surface area contributed by atoms with Crippen LogP contribution in [0, 0.1) is 0 Å². The molecule has 0 saturated carbocycles. The third kappa shape index (κ3) is 36.7. The Bertz CT molecular complexity index is 120. The maximum absolute atomic E-state index is 7.75. The average molecular weight is 221 g/mol. The molecule has 0 radical (unpaired) electrons. The molecule has 0 bridgehead atoms. The summed E-state index contributed by atoms with van der Waals surface area (Å²) in [7, 11) is 0. The van der Waals surface area contributed by atoms with Crippen LogP contribution in [0.5, 0.6) is 0 Å². The second kappa shape index (κ2) is 45.7. The van der Waals surface area contributed by atoms with E-state index in [1.165, 1.54) is 0 Å². The summed E-state index contributed by atoms with van der Waals surface area (Å²) in [5.41, 5.74) is 0. The first-order chi connectivity index (χ1) is 6.00. The van der Waals surface area contributed by atoms with E-state index in [0.717, 1.165) is 0 Å². The van der Waals surface area contributed by atoms with E-state index < -0.39 is 0 Å². The number of hydrogen-bond donors (Lipinski definition) is 0. The zero-order valence-corrected chi connectivity index (χ0v) is 7.85. The van der Waals surface area contributed by atoms with Gasteiger partial charge >= 0.3 is 17.1 Å². The maximum atomic E-state index is 7.75. The van der Waals surface area contributed by atoms with Crippen LogP contribution in [-0.2, 0) is 31.5 Å². The molecule has 70 valence electrons. The minimum absolute atomic E-state index is 0. The predicted octanol–water partition coefficient (Wildman–Crippen LogP) is 0.257. The third-order valence-corrected chi connectivity index (χ3v) is 0.566. The van der Waals surface area contributed by atoms with E-state index >= 15 is 0 Å². The van der Waals surface area contributed by atoms with Crippen LogP contribution >= 0.6 is 0 Å². The molecule has 4 nitrogen and oxygen atoms in total. The van der Waals surface area contributed by atoms with E-state index in [2.05, 4.69) is 25.4 Å². The molecule has 0 aromatic carbocycles. The smallest absolute Gasteiger partial charge is 0.545 e. The van der Waals surface area contributed by atoms with Gasteiger partial charge in [-0.3, -0.25) is 25.4 Å². The van der Waals surface area contributed by atoms with E-state index in [1.807, 2.05) is 18.2 Å². The van der Waals surface area contributed by atoms with Crippen LogP contribution in [0.1, 0.15) is 0 Å². The van der Waals surface area contributed by atoms with Crippen LogP contribution in [0.4, 0.5) is 0 Å². The Balaban J connectivity index is -0.0000000508. The van der Waals surface area contributed by atoms with E-state index in [9.17, 15) is 0 Å². The Labute approximate surface area is 87.8 Å². The number of carbonyl (C=O) groups excluding carboxylic acids is 3. The van der Waals surface area contributed by atoms with Gasteiger partial charge in [0, 0.05) is 12.4 Å². The Morgan fingerprint density at radius 2 is 1.00 bits per heavy atom. The van der Waals surface area contributed by atoms with E-state index in [1.54, 1.807) is 12.4 Å². The van der Waals surface area contributed by atoms with E-state index in [4.69, 9.17) is 14.4 Å². The summed E-state index contributed by atoms with van der Waals surface area (Å²) in [5, 5.41) is 0. The molecule has 1 heterocycles. The summed E-state index contributed by atoms with van der Waals surface area (Å²) in [6.45, 7) is 9.75. The van der Waals surface area contributed by atoms with Gasteiger partial charge in [-0.1, -0.05) is 6.07 Å². The largest absolute Gasteiger partial charge is 3.00 e. The first kappa shape index (κ1) is 22.6. The predicted molar refractivity (Wildman–Crippen MR) is 44.5 cm³/mol. The molecule has 0 aliphatic rings. The summed E-state index contributed by atoms with van der Waals surface area (Å²) in [6.07, 6.45) is 3.50. The molecule has 1 aromatic rings. The van der Waals surface area contributed by atoms with Crippen LogP contribution < -0.4 is 0 Å². The minimum atomic E-state index is 0. The van der Waals surface area contributed by atoms with Crippen LogP contribution in [0.3, 0.4) is 0 Å². The number of rotatable bonds is 0. The molecule has 0 amide bonds. The van der Waals surface area contributed by atoms with Gasteiger partial charge < -0.3 is 14.4 Å². The van der Waals surface area contributed by atoms with Crippen molar-refractivity contribution >= 4 is 20.4 Å². The quantitative estimate of drug-likeness (QED) is 0.358. The van der Waals surface area contributed by atoms with Crippen molar-refractivity contribution in [3.63, 3.8) is 0 Å². The van der Waals surface area contributed by atoms with Crippen molar-refractivity contribution in [2.24, 2.45) is 0 Å². The van der Waals surface area contributed by atoms with Crippen LogP contribution in [0.15, 0.2) is 30.6 Å². The van der Waals surface area contributed by atoms with Gasteiger partial charge in [0.1, 0.15) is 0 Å². The topological polar surface area (TPSA) is 64.1 Å². The molecule has 1 aromatic heterocycles. The number of nitrogens with zero attached hydrogens (tertiary/aromatic N) is 1. The van der Waals surface area contributed by atoms with Gasteiger partial charge in [-0.05, 0) is 12.1 Å². The average Bonchev–Trinajstić information content (AvgIpc) is 2.29. The molecular formula is C8H8MnNO3. The van der Waals surface area contributed by atoms with Gasteiger partial charge in [0.15, 0.2) is 0 Å². The Kier molecular flexibility index (Phi) is 79.4. The summed E-state index contributed by atoms with van der Waals surface area (Å²) < 4.78 is 0. The van der Waals surface area contributed by atoms with E-state index in [0.29, 0.717) is 0 Å². The Morgan fingerprint density at radius 3 is 1.08 bits per heavy atom. The van der Waals surface area contributed by atoms with Crippen molar-refractivity contribution in [2.45, 2.75) is 0 Å². The second-order valence-electron chi connectivity index (χ2n) is 1.02. The van der Waals surface area contributed by atoms with E-state index in [-0.39, 0.29) is 17.1 Å². The molecule has 0 fully saturated rings. The van der Waals surface area contributed by atoms with Crippen LogP contribution in [0.25, 0.3) is 0 Å². The van der Waals surface area contributed by atoms with Crippen molar-refractivity contribution in [3.8, 4) is 0 Å². The molecule has 0 aliphatic heterocycles. The second-order valence-corrected chi connectivity index (χ2v) is 1.02. The van der Waals surface area contributed by atoms with Gasteiger partial charge in [-0.15, -0.1) is 0 Å². The molecule has 0 N–H and O–H groups in total. The molecule has 1 rings (SSSR count). The van der Waals surface area contributed by atoms with Gasteiger partial charge in [0.05, 0.1) is 0 Å². The number of aromatic nitrogens is 1. The van der Waals surface area contributed by atoms with Crippen molar-refractivity contribution < 1.29 is 31.5 Å². The standard InChI is InChI=1S/C5H5N.3CHO.Mn/c1-2-4-6-5-3-1;3*1-2;/h1-5H;3*1H;/q;3*-1;+3. The van der Waals surface area contributed by atoms with Gasteiger partial charge in [-0.25, -0.2) is 0 Å². The molecule has 13 heavy (non-hydrogen) atoms. The molecule has 0 unspecified atom stereocenters. The molecule has 0 spiro atoms. The normalized spacial score (nSPS) is 4.62. The number of pyridine rings is 1. The monoisotopic (exact) mass is 221 g/mol. The Hall–Kier alpha value is -1.32. The minimum Gasteiger partial charge on any atom is -0.545 e. The first-order valence-corrected chi connectivity index (χ1v) is 2.56. The Morgan fingerprint density at radius 1 is 0.692 bits per heavy atom. The fourth-order valence-corrected chi connectivity index (χ4v) is 0.313. The molecular weight excluding hydrogens is 213 g/mol. The van der Waals surface area contributed by atoms with Gasteiger partial charge in [-0.2, -0.15) is 0 Å². The number of hydrogen-bond acceptors (Lipinski definition) is 4. The summed E-state index contributed by atoms with van der Waals surface area (Å²) >= 11 is 0. The van der Waals surface area contributed by atoms with Crippen LogP contribution in [0.2, 0.25) is 0 Å². The summed E-state index contributed by atoms with van der Waals surface area (Å²) in [5.74, 6) is 0. The fraction of sp³-hybridized carbons (Fsp3) is 0. The van der Waals surface area contributed by atoms with Crippen molar-refractivity contribution in [1.29, 1.82) is 0 Å². The maximum Gasteiger partial charge on any atom is 3.00 e. The van der Waals surface area contributed by atoms with Crippen molar-refractivity contribution in [1.82, 2.24) is 4.98 Å². The SMILES string of the molecule is [CH-]=O.[CH-]=O.[CH-]=O.[Mn+3].c1ccncc1. The summed E-state index contributed by atoms with van der Waals surface area (Å²) in [6, 6.07) is 5.72. The summed E-state index contributed by atoms with van der Waals surface area (Å²) in [4.78, 5) is 27.0. The molecule has 0 atom stereocenters.